The Labute approximate surface area is 132 Å². The predicted molar refractivity (Wildman–Crippen MR) is 77.0 cm³/mol. The van der Waals surface area contributed by atoms with E-state index in [1.165, 1.54) is 17.0 Å². The minimum Gasteiger partial charge on any atom is -0.464 e. The minimum atomic E-state index is -2.05. The van der Waals surface area contributed by atoms with E-state index < -0.39 is 17.5 Å². The molecule has 1 fully saturated rings. The maximum absolute atomic E-state index is 14.4. The summed E-state index contributed by atoms with van der Waals surface area (Å²) in [7, 11) is 0. The first-order valence-corrected chi connectivity index (χ1v) is 7.35. The highest BCUT2D eigenvalue weighted by molar-refractivity contribution is 6.31. The van der Waals surface area contributed by atoms with Crippen molar-refractivity contribution in [3.8, 4) is 0 Å². The van der Waals surface area contributed by atoms with Crippen molar-refractivity contribution in [2.24, 2.45) is 0 Å². The van der Waals surface area contributed by atoms with Gasteiger partial charge in [0.1, 0.15) is 5.82 Å². The molecular formula is C15H16ClF2NO3. The molecule has 2 rings (SSSR count). The second kappa shape index (κ2) is 6.60. The third-order valence-corrected chi connectivity index (χ3v) is 3.94. The summed E-state index contributed by atoms with van der Waals surface area (Å²) in [5.74, 6) is -1.86. The number of hydrogen-bond donors (Lipinski definition) is 0. The number of carbonyl (C=O) groups excluding carboxylic acids is 2. The zero-order valence-electron chi connectivity index (χ0n) is 12.1. The molecule has 0 N–H and O–H groups in total. The molecule has 1 amide bonds. The minimum absolute atomic E-state index is 0.0865. The Morgan fingerprint density at radius 3 is 2.55 bits per heavy atom. The number of amides is 1. The van der Waals surface area contributed by atoms with Gasteiger partial charge in [0.05, 0.1) is 11.6 Å². The molecule has 0 radical (unpaired) electrons. The van der Waals surface area contributed by atoms with Gasteiger partial charge in [-0.15, -0.1) is 0 Å². The maximum atomic E-state index is 14.4. The Morgan fingerprint density at radius 1 is 1.36 bits per heavy atom. The smallest absolute Gasteiger partial charge is 0.344 e. The Hall–Kier alpha value is -1.69. The van der Waals surface area contributed by atoms with Gasteiger partial charge in [-0.3, -0.25) is 4.79 Å². The molecule has 120 valence electrons. The number of ether oxygens (including phenoxy) is 1. The van der Waals surface area contributed by atoms with Crippen LogP contribution < -0.4 is 0 Å². The van der Waals surface area contributed by atoms with Crippen LogP contribution in [0.1, 0.15) is 30.1 Å². The molecule has 4 nitrogen and oxygen atoms in total. The first-order chi connectivity index (χ1) is 10.4. The van der Waals surface area contributed by atoms with Crippen LogP contribution >= 0.6 is 11.6 Å². The largest absolute Gasteiger partial charge is 0.464 e. The fourth-order valence-electron chi connectivity index (χ4n) is 2.34. The van der Waals surface area contributed by atoms with Gasteiger partial charge in [0, 0.05) is 31.5 Å². The monoisotopic (exact) mass is 331 g/mol. The lowest BCUT2D eigenvalue weighted by Crippen LogP contribution is -2.49. The van der Waals surface area contributed by atoms with Crippen molar-refractivity contribution >= 4 is 23.5 Å². The van der Waals surface area contributed by atoms with Crippen LogP contribution in [-0.2, 0) is 9.53 Å². The number of esters is 1. The molecule has 22 heavy (non-hydrogen) atoms. The molecule has 0 atom stereocenters. The summed E-state index contributed by atoms with van der Waals surface area (Å²) < 4.78 is 32.3. The molecule has 0 saturated carbocycles. The van der Waals surface area contributed by atoms with E-state index >= 15 is 0 Å². The zero-order chi connectivity index (χ0) is 16.3. The zero-order valence-corrected chi connectivity index (χ0v) is 12.8. The first kappa shape index (κ1) is 16.7. The van der Waals surface area contributed by atoms with Crippen molar-refractivity contribution in [3.05, 3.63) is 34.6 Å². The Morgan fingerprint density at radius 2 is 2.00 bits per heavy atom. The lowest BCUT2D eigenvalue weighted by molar-refractivity contribution is -0.160. The van der Waals surface area contributed by atoms with E-state index in [4.69, 9.17) is 16.3 Å². The van der Waals surface area contributed by atoms with Crippen molar-refractivity contribution < 1.29 is 23.1 Å². The summed E-state index contributed by atoms with van der Waals surface area (Å²) in [5.41, 5.74) is -1.82. The lowest BCUT2D eigenvalue weighted by Gasteiger charge is -2.34. The molecule has 7 heteroatoms. The van der Waals surface area contributed by atoms with Crippen molar-refractivity contribution in [1.29, 1.82) is 0 Å². The van der Waals surface area contributed by atoms with Gasteiger partial charge < -0.3 is 9.64 Å². The van der Waals surface area contributed by atoms with E-state index in [-0.39, 0.29) is 49.0 Å². The molecule has 0 spiro atoms. The normalized spacial score (nSPS) is 17.2. The van der Waals surface area contributed by atoms with Crippen molar-refractivity contribution in [1.82, 2.24) is 4.90 Å². The summed E-state index contributed by atoms with van der Waals surface area (Å²) in [5, 5.41) is -0.144. The molecule has 0 bridgehead atoms. The summed E-state index contributed by atoms with van der Waals surface area (Å²) in [4.78, 5) is 25.3. The van der Waals surface area contributed by atoms with E-state index in [9.17, 15) is 18.4 Å². The summed E-state index contributed by atoms with van der Waals surface area (Å²) >= 11 is 5.65. The van der Waals surface area contributed by atoms with Crippen LogP contribution in [0.15, 0.2) is 18.2 Å². The number of halogens is 3. The van der Waals surface area contributed by atoms with E-state index in [1.807, 2.05) is 0 Å². The quantitative estimate of drug-likeness (QED) is 0.800. The Kier molecular flexibility index (Phi) is 5.01. The third kappa shape index (κ3) is 3.38. The maximum Gasteiger partial charge on any atom is 0.344 e. The number of benzene rings is 1. The molecule has 0 unspecified atom stereocenters. The molecule has 0 aromatic heterocycles. The lowest BCUT2D eigenvalue weighted by atomic mass is 9.93. The molecule has 1 aliphatic rings. The van der Waals surface area contributed by atoms with Crippen molar-refractivity contribution in [3.63, 3.8) is 0 Å². The molecule has 0 aliphatic carbocycles. The average molecular weight is 332 g/mol. The fraction of sp³-hybridized carbons (Fsp3) is 0.467. The molecule has 1 aliphatic heterocycles. The molecule has 1 heterocycles. The summed E-state index contributed by atoms with van der Waals surface area (Å²) in [6, 6.07) is 3.67. The number of rotatable bonds is 3. The van der Waals surface area contributed by atoms with Gasteiger partial charge >= 0.3 is 5.97 Å². The summed E-state index contributed by atoms with van der Waals surface area (Å²) in [6.45, 7) is 1.89. The van der Waals surface area contributed by atoms with Crippen LogP contribution in [0.25, 0.3) is 0 Å². The first-order valence-electron chi connectivity index (χ1n) is 6.98. The topological polar surface area (TPSA) is 46.6 Å². The van der Waals surface area contributed by atoms with Gasteiger partial charge in [-0.1, -0.05) is 11.6 Å². The number of likely N-dealkylation sites (tertiary alicyclic amines) is 1. The summed E-state index contributed by atoms with van der Waals surface area (Å²) in [6.07, 6.45) is -0.237. The standard InChI is InChI=1S/C15H16ClF2NO3/c1-2-22-14(21)15(18)5-7-19(8-6-15)13(20)10-3-4-12(17)11(16)9-10/h3-4,9H,2,5-8H2,1H3. The Bertz CT molecular complexity index is 586. The van der Waals surface area contributed by atoms with Gasteiger partial charge in [0.25, 0.3) is 5.91 Å². The van der Waals surface area contributed by atoms with Gasteiger partial charge in [-0.25, -0.2) is 13.6 Å². The Balaban J connectivity index is 2.03. The number of piperidine rings is 1. The van der Waals surface area contributed by atoms with Crippen LogP contribution in [0.4, 0.5) is 8.78 Å². The third-order valence-electron chi connectivity index (χ3n) is 3.65. The van der Waals surface area contributed by atoms with Crippen LogP contribution in [0, 0.1) is 5.82 Å². The average Bonchev–Trinajstić information content (AvgIpc) is 2.50. The van der Waals surface area contributed by atoms with Crippen LogP contribution in [-0.4, -0.2) is 42.1 Å². The second-order valence-electron chi connectivity index (χ2n) is 5.11. The highest BCUT2D eigenvalue weighted by atomic mass is 35.5. The van der Waals surface area contributed by atoms with E-state index in [0.29, 0.717) is 0 Å². The highest BCUT2D eigenvalue weighted by Crippen LogP contribution is 2.29. The number of carbonyl (C=O) groups is 2. The molecule has 1 aromatic carbocycles. The molecular weight excluding hydrogens is 316 g/mol. The van der Waals surface area contributed by atoms with Crippen molar-refractivity contribution in [2.45, 2.75) is 25.4 Å². The predicted octanol–water partition coefficient (Wildman–Crippen LogP) is 2.99. The fourth-order valence-corrected chi connectivity index (χ4v) is 2.52. The van der Waals surface area contributed by atoms with Crippen LogP contribution in [0.5, 0.6) is 0 Å². The van der Waals surface area contributed by atoms with E-state index in [1.54, 1.807) is 6.92 Å². The van der Waals surface area contributed by atoms with Crippen LogP contribution in [0.2, 0.25) is 5.02 Å². The SMILES string of the molecule is CCOC(=O)C1(F)CCN(C(=O)c2ccc(F)c(Cl)c2)CC1. The van der Waals surface area contributed by atoms with Crippen LogP contribution in [0.3, 0.4) is 0 Å². The van der Waals surface area contributed by atoms with Crippen molar-refractivity contribution in [2.75, 3.05) is 19.7 Å². The van der Waals surface area contributed by atoms with Gasteiger partial charge in [-0.2, -0.15) is 0 Å². The van der Waals surface area contributed by atoms with Gasteiger partial charge in [0.2, 0.25) is 5.67 Å². The second-order valence-corrected chi connectivity index (χ2v) is 5.51. The van der Waals surface area contributed by atoms with Gasteiger partial charge in [0.15, 0.2) is 0 Å². The molecule has 1 aromatic rings. The number of alkyl halides is 1. The molecule has 1 saturated heterocycles. The highest BCUT2D eigenvalue weighted by Gasteiger charge is 2.44. The number of nitrogens with zero attached hydrogens (tertiary/aromatic N) is 1. The van der Waals surface area contributed by atoms with Gasteiger partial charge in [-0.05, 0) is 25.1 Å². The van der Waals surface area contributed by atoms with E-state index in [2.05, 4.69) is 0 Å². The van der Waals surface area contributed by atoms with E-state index in [0.717, 1.165) is 6.07 Å². The number of hydrogen-bond acceptors (Lipinski definition) is 3.